The molecule has 1 aliphatic rings. The summed E-state index contributed by atoms with van der Waals surface area (Å²) in [6.07, 6.45) is 1.08. The van der Waals surface area contributed by atoms with Gasteiger partial charge in [-0.15, -0.1) is 0 Å². The van der Waals surface area contributed by atoms with Gasteiger partial charge in [-0.05, 0) is 24.1 Å². The van der Waals surface area contributed by atoms with Crippen molar-refractivity contribution in [3.63, 3.8) is 0 Å². The second-order valence-electron chi connectivity index (χ2n) is 4.70. The van der Waals surface area contributed by atoms with Gasteiger partial charge in [0, 0.05) is 24.8 Å². The second-order valence-corrected chi connectivity index (χ2v) is 4.70. The Kier molecular flexibility index (Phi) is 2.93. The lowest BCUT2D eigenvalue weighted by Gasteiger charge is -2.13. The summed E-state index contributed by atoms with van der Waals surface area (Å²) in [5, 5.41) is 0. The zero-order chi connectivity index (χ0) is 12.4. The predicted octanol–water partition coefficient (Wildman–Crippen LogP) is 3.26. The molecule has 0 saturated carbocycles. The Hall–Kier alpha value is -1.96. The van der Waals surface area contributed by atoms with Crippen molar-refractivity contribution in [1.82, 2.24) is 0 Å². The quantitative estimate of drug-likeness (QED) is 0.815. The normalized spacial score (nSPS) is 13.5. The van der Waals surface area contributed by atoms with Crippen LogP contribution in [-0.2, 0) is 13.0 Å². The van der Waals surface area contributed by atoms with Crippen molar-refractivity contribution < 1.29 is 4.74 Å². The molecule has 92 valence electrons. The van der Waals surface area contributed by atoms with Crippen LogP contribution in [0.25, 0.3) is 0 Å². The van der Waals surface area contributed by atoms with E-state index >= 15 is 0 Å². The first kappa shape index (κ1) is 11.1. The average Bonchev–Trinajstić information content (AvgIpc) is 2.80. The number of hydrogen-bond donors (Lipinski definition) is 0. The van der Waals surface area contributed by atoms with Gasteiger partial charge in [0.15, 0.2) is 0 Å². The lowest BCUT2D eigenvalue weighted by atomic mass is 10.1. The minimum absolute atomic E-state index is 0.640. The maximum atomic E-state index is 5.96. The average molecular weight is 239 g/mol. The van der Waals surface area contributed by atoms with Gasteiger partial charge in [-0.3, -0.25) is 0 Å². The van der Waals surface area contributed by atoms with Gasteiger partial charge in [-0.2, -0.15) is 0 Å². The molecule has 0 aromatic heterocycles. The van der Waals surface area contributed by atoms with Gasteiger partial charge >= 0.3 is 0 Å². The van der Waals surface area contributed by atoms with Gasteiger partial charge in [-0.25, -0.2) is 0 Å². The molecule has 2 heteroatoms. The second kappa shape index (κ2) is 4.73. The molecule has 0 fully saturated rings. The predicted molar refractivity (Wildman–Crippen MR) is 74.2 cm³/mol. The van der Waals surface area contributed by atoms with E-state index in [0.29, 0.717) is 6.61 Å². The highest BCUT2D eigenvalue weighted by Gasteiger charge is 2.19. The van der Waals surface area contributed by atoms with Crippen LogP contribution in [0.2, 0.25) is 0 Å². The van der Waals surface area contributed by atoms with Gasteiger partial charge in [0.25, 0.3) is 0 Å². The number of anilines is 1. The largest absolute Gasteiger partial charge is 0.489 e. The number of hydrogen-bond acceptors (Lipinski definition) is 2. The summed E-state index contributed by atoms with van der Waals surface area (Å²) in [5.41, 5.74) is 3.86. The standard InChI is InChI=1S/C16H17NO/c1-17-11-10-14-15(17)8-5-9-16(14)18-12-13-6-3-2-4-7-13/h2-9H,10-12H2,1H3. The zero-order valence-corrected chi connectivity index (χ0v) is 10.6. The van der Waals surface area contributed by atoms with E-state index in [1.165, 1.54) is 16.8 Å². The minimum Gasteiger partial charge on any atom is -0.489 e. The van der Waals surface area contributed by atoms with Crippen LogP contribution in [0.1, 0.15) is 11.1 Å². The summed E-state index contributed by atoms with van der Waals surface area (Å²) in [6, 6.07) is 16.6. The molecular weight excluding hydrogens is 222 g/mol. The van der Waals surface area contributed by atoms with Gasteiger partial charge in [-0.1, -0.05) is 36.4 Å². The molecule has 0 saturated heterocycles. The third kappa shape index (κ3) is 2.06. The van der Waals surface area contributed by atoms with E-state index in [0.717, 1.165) is 18.7 Å². The first-order valence-corrected chi connectivity index (χ1v) is 6.34. The minimum atomic E-state index is 0.640. The van der Waals surface area contributed by atoms with Crippen molar-refractivity contribution >= 4 is 5.69 Å². The first-order chi connectivity index (χ1) is 8.84. The molecule has 2 aromatic carbocycles. The van der Waals surface area contributed by atoms with E-state index in [9.17, 15) is 0 Å². The molecule has 0 amide bonds. The molecule has 0 atom stereocenters. The lowest BCUT2D eigenvalue weighted by molar-refractivity contribution is 0.304. The van der Waals surface area contributed by atoms with E-state index in [1.807, 2.05) is 18.2 Å². The first-order valence-electron chi connectivity index (χ1n) is 6.34. The molecule has 1 heterocycles. The Bertz CT molecular complexity index is 536. The fraction of sp³-hybridized carbons (Fsp3) is 0.250. The molecule has 3 rings (SSSR count). The SMILES string of the molecule is CN1CCc2c(OCc3ccccc3)cccc21. The third-order valence-electron chi connectivity index (χ3n) is 3.45. The summed E-state index contributed by atoms with van der Waals surface area (Å²) in [5.74, 6) is 1.03. The Morgan fingerprint density at radius 1 is 1.06 bits per heavy atom. The summed E-state index contributed by atoms with van der Waals surface area (Å²) >= 11 is 0. The molecule has 0 N–H and O–H groups in total. The van der Waals surface area contributed by atoms with Crippen LogP contribution in [0.15, 0.2) is 48.5 Å². The molecule has 18 heavy (non-hydrogen) atoms. The zero-order valence-electron chi connectivity index (χ0n) is 10.6. The molecule has 2 nitrogen and oxygen atoms in total. The highest BCUT2D eigenvalue weighted by molar-refractivity contribution is 5.62. The molecule has 1 aliphatic heterocycles. The fourth-order valence-electron chi connectivity index (χ4n) is 2.43. The van der Waals surface area contributed by atoms with Crippen LogP contribution in [-0.4, -0.2) is 13.6 Å². The van der Waals surface area contributed by atoms with Crippen LogP contribution in [0.4, 0.5) is 5.69 Å². The van der Waals surface area contributed by atoms with Gasteiger partial charge < -0.3 is 9.64 Å². The van der Waals surface area contributed by atoms with Crippen LogP contribution in [0.5, 0.6) is 5.75 Å². The van der Waals surface area contributed by atoms with E-state index in [4.69, 9.17) is 4.74 Å². The summed E-state index contributed by atoms with van der Waals surface area (Å²) in [7, 11) is 2.13. The molecule has 0 unspecified atom stereocenters. The smallest absolute Gasteiger partial charge is 0.125 e. The molecule has 2 aromatic rings. The van der Waals surface area contributed by atoms with Crippen LogP contribution in [0, 0.1) is 0 Å². The molecule has 0 radical (unpaired) electrons. The highest BCUT2D eigenvalue weighted by atomic mass is 16.5. The van der Waals surface area contributed by atoms with Crippen LogP contribution < -0.4 is 9.64 Å². The summed E-state index contributed by atoms with van der Waals surface area (Å²) in [6.45, 7) is 1.72. The van der Waals surface area contributed by atoms with E-state index in [1.54, 1.807) is 0 Å². The number of benzene rings is 2. The summed E-state index contributed by atoms with van der Waals surface area (Å²) in [4.78, 5) is 2.28. The fourth-order valence-corrected chi connectivity index (χ4v) is 2.43. The van der Waals surface area contributed by atoms with Gasteiger partial charge in [0.1, 0.15) is 12.4 Å². The van der Waals surface area contributed by atoms with Gasteiger partial charge in [0.05, 0.1) is 0 Å². The third-order valence-corrected chi connectivity index (χ3v) is 3.45. The number of nitrogens with zero attached hydrogens (tertiary/aromatic N) is 1. The van der Waals surface area contributed by atoms with E-state index in [2.05, 4.69) is 42.3 Å². The van der Waals surface area contributed by atoms with Crippen molar-refractivity contribution in [3.8, 4) is 5.75 Å². The molecule has 0 aliphatic carbocycles. The molecular formula is C16H17NO. The van der Waals surface area contributed by atoms with Gasteiger partial charge in [0.2, 0.25) is 0 Å². The van der Waals surface area contributed by atoms with Crippen molar-refractivity contribution in [3.05, 3.63) is 59.7 Å². The maximum absolute atomic E-state index is 5.96. The Labute approximate surface area is 108 Å². The Balaban J connectivity index is 1.78. The Morgan fingerprint density at radius 3 is 2.72 bits per heavy atom. The van der Waals surface area contributed by atoms with E-state index < -0.39 is 0 Å². The number of rotatable bonds is 3. The monoisotopic (exact) mass is 239 g/mol. The number of ether oxygens (including phenoxy) is 1. The van der Waals surface area contributed by atoms with Crippen molar-refractivity contribution in [1.29, 1.82) is 0 Å². The van der Waals surface area contributed by atoms with Crippen LogP contribution in [0.3, 0.4) is 0 Å². The highest BCUT2D eigenvalue weighted by Crippen LogP contribution is 2.34. The Morgan fingerprint density at radius 2 is 1.89 bits per heavy atom. The summed E-state index contributed by atoms with van der Waals surface area (Å²) < 4.78 is 5.96. The van der Waals surface area contributed by atoms with Crippen molar-refractivity contribution in [2.75, 3.05) is 18.5 Å². The molecule has 0 bridgehead atoms. The van der Waals surface area contributed by atoms with Crippen molar-refractivity contribution in [2.24, 2.45) is 0 Å². The number of likely N-dealkylation sites (N-methyl/N-ethyl adjacent to an activating group) is 1. The maximum Gasteiger partial charge on any atom is 0.125 e. The van der Waals surface area contributed by atoms with E-state index in [-0.39, 0.29) is 0 Å². The topological polar surface area (TPSA) is 12.5 Å². The lowest BCUT2D eigenvalue weighted by Crippen LogP contribution is -2.12. The van der Waals surface area contributed by atoms with Crippen molar-refractivity contribution in [2.45, 2.75) is 13.0 Å². The number of fused-ring (bicyclic) bond motifs is 1. The van der Waals surface area contributed by atoms with Crippen LogP contribution >= 0.6 is 0 Å². The molecule has 0 spiro atoms.